The van der Waals surface area contributed by atoms with Crippen LogP contribution in [0.15, 0.2) is 35.9 Å². The molecule has 0 aliphatic heterocycles. The van der Waals surface area contributed by atoms with Crippen LogP contribution >= 0.6 is 11.6 Å². The zero-order chi connectivity index (χ0) is 18.2. The molecular weight excluding hydrogens is 336 g/mol. The maximum Gasteiger partial charge on any atom is 0.242 e. The van der Waals surface area contributed by atoms with Gasteiger partial charge in [0, 0.05) is 25.0 Å². The quantitative estimate of drug-likeness (QED) is 0.743. The van der Waals surface area contributed by atoms with Gasteiger partial charge in [-0.25, -0.2) is 0 Å². The molecule has 0 saturated heterocycles. The first-order valence-electron chi connectivity index (χ1n) is 8.94. The maximum absolute atomic E-state index is 12.4. The van der Waals surface area contributed by atoms with Gasteiger partial charge < -0.3 is 10.2 Å². The lowest BCUT2D eigenvalue weighted by molar-refractivity contribution is -0.138. The summed E-state index contributed by atoms with van der Waals surface area (Å²) in [5, 5.41) is 3.62. The van der Waals surface area contributed by atoms with Crippen molar-refractivity contribution in [2.45, 2.75) is 58.5 Å². The molecule has 1 aromatic rings. The molecular formula is C20H27ClN2O2. The fraction of sp³-hybridized carbons (Fsp3) is 0.500. The molecule has 0 saturated carbocycles. The number of allylic oxidation sites excluding steroid dienone is 1. The number of nitrogens with one attached hydrogen (secondary N) is 1. The highest BCUT2D eigenvalue weighted by atomic mass is 35.5. The van der Waals surface area contributed by atoms with E-state index in [9.17, 15) is 9.59 Å². The molecule has 1 atom stereocenters. The SMILES string of the molecule is CC(=O)N(Cc1ccc(Cl)cc1)C(C)C(=O)NCCC1=CCCCC1. The number of nitrogens with zero attached hydrogens (tertiary/aromatic N) is 1. The molecule has 0 fully saturated rings. The van der Waals surface area contributed by atoms with Gasteiger partial charge in [-0.3, -0.25) is 9.59 Å². The van der Waals surface area contributed by atoms with Gasteiger partial charge in [0.05, 0.1) is 0 Å². The molecule has 0 bridgehead atoms. The molecule has 4 nitrogen and oxygen atoms in total. The molecule has 0 spiro atoms. The molecule has 2 amide bonds. The highest BCUT2D eigenvalue weighted by Crippen LogP contribution is 2.19. The zero-order valence-electron chi connectivity index (χ0n) is 15.1. The second-order valence-corrected chi connectivity index (χ2v) is 7.03. The van der Waals surface area contributed by atoms with E-state index < -0.39 is 6.04 Å². The minimum Gasteiger partial charge on any atom is -0.354 e. The summed E-state index contributed by atoms with van der Waals surface area (Å²) in [5.41, 5.74) is 2.38. The summed E-state index contributed by atoms with van der Waals surface area (Å²) in [6.45, 7) is 4.28. The minimum atomic E-state index is -0.506. The van der Waals surface area contributed by atoms with Crippen LogP contribution in [0.1, 0.15) is 51.5 Å². The Kier molecular flexibility index (Phi) is 7.51. The lowest BCUT2D eigenvalue weighted by atomic mass is 9.97. The predicted molar refractivity (Wildman–Crippen MR) is 101 cm³/mol. The number of hydrogen-bond acceptors (Lipinski definition) is 2. The van der Waals surface area contributed by atoms with E-state index in [0.717, 1.165) is 24.8 Å². The third-order valence-electron chi connectivity index (χ3n) is 4.65. The Bertz CT molecular complexity index is 625. The van der Waals surface area contributed by atoms with Gasteiger partial charge in [0.1, 0.15) is 6.04 Å². The highest BCUT2D eigenvalue weighted by molar-refractivity contribution is 6.30. The molecule has 25 heavy (non-hydrogen) atoms. The molecule has 0 radical (unpaired) electrons. The van der Waals surface area contributed by atoms with Gasteiger partial charge >= 0.3 is 0 Å². The highest BCUT2D eigenvalue weighted by Gasteiger charge is 2.23. The molecule has 1 aromatic carbocycles. The van der Waals surface area contributed by atoms with E-state index in [-0.39, 0.29) is 11.8 Å². The fourth-order valence-electron chi connectivity index (χ4n) is 3.07. The van der Waals surface area contributed by atoms with Crippen molar-refractivity contribution in [2.75, 3.05) is 6.54 Å². The zero-order valence-corrected chi connectivity index (χ0v) is 15.8. The monoisotopic (exact) mass is 362 g/mol. The van der Waals surface area contributed by atoms with Crippen LogP contribution in [0.5, 0.6) is 0 Å². The van der Waals surface area contributed by atoms with Crippen molar-refractivity contribution in [3.8, 4) is 0 Å². The van der Waals surface area contributed by atoms with Crippen LogP contribution in [-0.2, 0) is 16.1 Å². The van der Waals surface area contributed by atoms with Crippen LogP contribution in [0.4, 0.5) is 0 Å². The number of carbonyl (C=O) groups excluding carboxylic acids is 2. The summed E-state index contributed by atoms with van der Waals surface area (Å²) in [6.07, 6.45) is 8.00. The average Bonchev–Trinajstić information content (AvgIpc) is 2.61. The van der Waals surface area contributed by atoms with E-state index in [2.05, 4.69) is 11.4 Å². The summed E-state index contributed by atoms with van der Waals surface area (Å²) in [4.78, 5) is 26.0. The van der Waals surface area contributed by atoms with Gasteiger partial charge in [0.15, 0.2) is 0 Å². The topological polar surface area (TPSA) is 49.4 Å². The standard InChI is InChI=1S/C20H27ClN2O2/c1-15(20(25)22-13-12-17-6-4-3-5-7-17)23(16(2)24)14-18-8-10-19(21)11-9-18/h6,8-11,15H,3-5,7,12-14H2,1-2H3,(H,22,25). The summed E-state index contributed by atoms with van der Waals surface area (Å²) in [6, 6.07) is 6.82. The van der Waals surface area contributed by atoms with Crippen LogP contribution in [0.25, 0.3) is 0 Å². The van der Waals surface area contributed by atoms with E-state index in [1.54, 1.807) is 24.0 Å². The van der Waals surface area contributed by atoms with E-state index in [4.69, 9.17) is 11.6 Å². The summed E-state index contributed by atoms with van der Waals surface area (Å²) in [7, 11) is 0. The second-order valence-electron chi connectivity index (χ2n) is 6.60. The number of hydrogen-bond donors (Lipinski definition) is 1. The fourth-order valence-corrected chi connectivity index (χ4v) is 3.20. The van der Waals surface area contributed by atoms with Crippen LogP contribution in [0, 0.1) is 0 Å². The van der Waals surface area contributed by atoms with Crippen molar-refractivity contribution in [3.05, 3.63) is 46.5 Å². The summed E-state index contributed by atoms with van der Waals surface area (Å²) in [5.74, 6) is -0.229. The Morgan fingerprint density at radius 3 is 2.56 bits per heavy atom. The smallest absolute Gasteiger partial charge is 0.242 e. The average molecular weight is 363 g/mol. The van der Waals surface area contributed by atoms with Crippen molar-refractivity contribution in [1.82, 2.24) is 10.2 Å². The van der Waals surface area contributed by atoms with Crippen molar-refractivity contribution in [2.24, 2.45) is 0 Å². The molecule has 2 rings (SSSR count). The van der Waals surface area contributed by atoms with Crippen LogP contribution < -0.4 is 5.32 Å². The molecule has 5 heteroatoms. The molecule has 1 aliphatic rings. The van der Waals surface area contributed by atoms with Crippen LogP contribution in [0.3, 0.4) is 0 Å². The Hall–Kier alpha value is -1.81. The minimum absolute atomic E-state index is 0.111. The van der Waals surface area contributed by atoms with E-state index in [1.165, 1.54) is 25.3 Å². The molecule has 136 valence electrons. The van der Waals surface area contributed by atoms with Crippen molar-refractivity contribution in [1.29, 1.82) is 0 Å². The number of carbonyl (C=O) groups is 2. The van der Waals surface area contributed by atoms with Gasteiger partial charge in [0.25, 0.3) is 0 Å². The second kappa shape index (κ2) is 9.62. The first-order valence-corrected chi connectivity index (χ1v) is 9.32. The largest absolute Gasteiger partial charge is 0.354 e. The van der Waals surface area contributed by atoms with Gasteiger partial charge in [0.2, 0.25) is 11.8 Å². The molecule has 1 unspecified atom stereocenters. The van der Waals surface area contributed by atoms with Gasteiger partial charge in [-0.1, -0.05) is 35.4 Å². The Labute approximate surface area is 155 Å². The number of halogens is 1. The first-order chi connectivity index (χ1) is 12.0. The first kappa shape index (κ1) is 19.5. The lowest BCUT2D eigenvalue weighted by Crippen LogP contribution is -2.47. The van der Waals surface area contributed by atoms with Crippen molar-refractivity contribution < 1.29 is 9.59 Å². The Morgan fingerprint density at radius 2 is 1.96 bits per heavy atom. The van der Waals surface area contributed by atoms with E-state index in [1.807, 2.05) is 12.1 Å². The summed E-state index contributed by atoms with van der Waals surface area (Å²) < 4.78 is 0. The summed E-state index contributed by atoms with van der Waals surface area (Å²) >= 11 is 5.90. The molecule has 0 aromatic heterocycles. The molecule has 1 aliphatic carbocycles. The van der Waals surface area contributed by atoms with Gasteiger partial charge in [-0.2, -0.15) is 0 Å². The maximum atomic E-state index is 12.4. The Morgan fingerprint density at radius 1 is 1.24 bits per heavy atom. The molecule has 1 N–H and O–H groups in total. The van der Waals surface area contributed by atoms with Crippen LogP contribution in [-0.4, -0.2) is 29.3 Å². The number of benzene rings is 1. The number of rotatable bonds is 7. The van der Waals surface area contributed by atoms with Gasteiger partial charge in [-0.05, 0) is 56.7 Å². The van der Waals surface area contributed by atoms with E-state index >= 15 is 0 Å². The normalized spacial score (nSPS) is 15.2. The third-order valence-corrected chi connectivity index (χ3v) is 4.90. The third kappa shape index (κ3) is 6.20. The Balaban J connectivity index is 1.88. The lowest BCUT2D eigenvalue weighted by Gasteiger charge is -2.27. The molecule has 0 heterocycles. The van der Waals surface area contributed by atoms with Gasteiger partial charge in [-0.15, -0.1) is 0 Å². The van der Waals surface area contributed by atoms with E-state index in [0.29, 0.717) is 18.1 Å². The van der Waals surface area contributed by atoms with Crippen molar-refractivity contribution in [3.63, 3.8) is 0 Å². The van der Waals surface area contributed by atoms with Crippen molar-refractivity contribution >= 4 is 23.4 Å². The van der Waals surface area contributed by atoms with Crippen LogP contribution in [0.2, 0.25) is 5.02 Å². The predicted octanol–water partition coefficient (Wildman–Crippen LogP) is 4.08. The number of amides is 2.